The lowest BCUT2D eigenvalue weighted by molar-refractivity contribution is 0.340. The van der Waals surface area contributed by atoms with Gasteiger partial charge in [-0.15, -0.1) is 0 Å². The van der Waals surface area contributed by atoms with Crippen LogP contribution in [0.1, 0.15) is 6.92 Å². The summed E-state index contributed by atoms with van der Waals surface area (Å²) in [5, 5.41) is 0.816. The largest absolute Gasteiger partial charge is 0.493 e. The quantitative estimate of drug-likeness (QED) is 0.662. The molecule has 22 heavy (non-hydrogen) atoms. The highest BCUT2D eigenvalue weighted by atomic mass is 79.9. The first kappa shape index (κ1) is 15.1. The van der Waals surface area contributed by atoms with Crippen LogP contribution < -0.4 is 10.4 Å². The van der Waals surface area contributed by atoms with Crippen LogP contribution in [0.5, 0.6) is 5.75 Å². The minimum absolute atomic E-state index is 0.213. The smallest absolute Gasteiger partial charge is 0.347 e. The van der Waals surface area contributed by atoms with Crippen molar-refractivity contribution in [2.75, 3.05) is 6.61 Å². The fraction of sp³-hybridized carbons (Fsp3) is 0.125. The van der Waals surface area contributed by atoms with Gasteiger partial charge in [0.05, 0.1) is 23.1 Å². The van der Waals surface area contributed by atoms with Gasteiger partial charge in [0.1, 0.15) is 5.75 Å². The highest BCUT2D eigenvalue weighted by Crippen LogP contribution is 2.32. The maximum Gasteiger partial charge on any atom is 0.347 e. The van der Waals surface area contributed by atoms with Crippen molar-refractivity contribution in [2.45, 2.75) is 6.92 Å². The first-order valence-corrected chi connectivity index (χ1v) is 7.78. The number of hydrogen-bond donors (Lipinski definition) is 0. The van der Waals surface area contributed by atoms with Gasteiger partial charge in [-0.1, -0.05) is 27.5 Å². The molecule has 0 unspecified atom stereocenters. The van der Waals surface area contributed by atoms with Crippen LogP contribution in [0, 0.1) is 0 Å². The summed E-state index contributed by atoms with van der Waals surface area (Å²) in [6, 6.07) is 10.4. The van der Waals surface area contributed by atoms with Crippen LogP contribution in [-0.2, 0) is 0 Å². The third kappa shape index (κ3) is 2.87. The molecule has 3 rings (SSSR count). The van der Waals surface area contributed by atoms with Gasteiger partial charge in [-0.05, 0) is 43.3 Å². The van der Waals surface area contributed by atoms with Crippen molar-refractivity contribution in [2.24, 2.45) is 0 Å². The van der Waals surface area contributed by atoms with Gasteiger partial charge in [0.2, 0.25) is 5.89 Å². The molecule has 0 spiro atoms. The Hall–Kier alpha value is -1.85. The molecule has 4 nitrogen and oxygen atoms in total. The Morgan fingerprint density at radius 1 is 1.27 bits per heavy atom. The molecule has 1 aromatic heterocycles. The normalized spacial score (nSPS) is 10.9. The van der Waals surface area contributed by atoms with Gasteiger partial charge in [0.25, 0.3) is 0 Å². The van der Waals surface area contributed by atoms with E-state index in [9.17, 15) is 4.79 Å². The molecule has 0 saturated carbocycles. The first-order chi connectivity index (χ1) is 10.6. The van der Waals surface area contributed by atoms with Crippen LogP contribution in [0.25, 0.3) is 22.4 Å². The molecule has 0 radical (unpaired) electrons. The van der Waals surface area contributed by atoms with E-state index in [0.717, 1.165) is 4.47 Å². The van der Waals surface area contributed by atoms with E-state index in [1.807, 2.05) is 13.0 Å². The number of nitrogens with zero attached hydrogens (tertiary/aromatic N) is 1. The molecular formula is C16H11BrClNO3. The van der Waals surface area contributed by atoms with E-state index < -0.39 is 5.63 Å². The van der Waals surface area contributed by atoms with Gasteiger partial charge in [-0.3, -0.25) is 0 Å². The van der Waals surface area contributed by atoms with E-state index in [1.54, 1.807) is 30.3 Å². The molecule has 2 aromatic carbocycles. The van der Waals surface area contributed by atoms with Crippen LogP contribution in [0.4, 0.5) is 0 Å². The molecule has 1 heterocycles. The topological polar surface area (TPSA) is 52.3 Å². The summed E-state index contributed by atoms with van der Waals surface area (Å²) in [5.74, 6) is 0.819. The number of benzene rings is 2. The fourth-order valence-electron chi connectivity index (χ4n) is 2.11. The minimum atomic E-state index is -0.482. The SMILES string of the molecule is CCOc1ccc(Br)cc1-c1nc2ccc(Cl)cc2c(=O)o1. The Balaban J connectivity index is 2.25. The van der Waals surface area contributed by atoms with Crippen molar-refractivity contribution < 1.29 is 9.15 Å². The summed E-state index contributed by atoms with van der Waals surface area (Å²) >= 11 is 9.30. The molecular weight excluding hydrogens is 370 g/mol. The second-order valence-corrected chi connectivity index (χ2v) is 5.89. The van der Waals surface area contributed by atoms with Crippen molar-refractivity contribution in [1.82, 2.24) is 4.98 Å². The monoisotopic (exact) mass is 379 g/mol. The summed E-state index contributed by atoms with van der Waals surface area (Å²) in [6.07, 6.45) is 0. The number of aromatic nitrogens is 1. The zero-order valence-corrected chi connectivity index (χ0v) is 13.9. The van der Waals surface area contributed by atoms with Gasteiger partial charge in [-0.2, -0.15) is 0 Å². The van der Waals surface area contributed by atoms with Gasteiger partial charge >= 0.3 is 5.63 Å². The third-order valence-electron chi connectivity index (χ3n) is 3.06. The van der Waals surface area contributed by atoms with Crippen LogP contribution in [0.3, 0.4) is 0 Å². The molecule has 0 aliphatic carbocycles. The molecule has 6 heteroatoms. The van der Waals surface area contributed by atoms with Crippen molar-refractivity contribution in [3.05, 3.63) is 56.3 Å². The Kier molecular flexibility index (Phi) is 4.18. The van der Waals surface area contributed by atoms with Crippen molar-refractivity contribution in [3.8, 4) is 17.2 Å². The average Bonchev–Trinajstić information content (AvgIpc) is 2.50. The third-order valence-corrected chi connectivity index (χ3v) is 3.79. The maximum atomic E-state index is 12.2. The van der Waals surface area contributed by atoms with Crippen LogP contribution in [0.2, 0.25) is 5.02 Å². The van der Waals surface area contributed by atoms with Gasteiger partial charge in [0, 0.05) is 9.50 Å². The molecule has 0 atom stereocenters. The molecule has 0 amide bonds. The molecule has 0 aliphatic rings. The first-order valence-electron chi connectivity index (χ1n) is 6.61. The Morgan fingerprint density at radius 3 is 2.86 bits per heavy atom. The maximum absolute atomic E-state index is 12.2. The summed E-state index contributed by atoms with van der Waals surface area (Å²) in [7, 11) is 0. The van der Waals surface area contributed by atoms with Crippen molar-refractivity contribution in [3.63, 3.8) is 0 Å². The fourth-order valence-corrected chi connectivity index (χ4v) is 2.64. The predicted octanol–water partition coefficient (Wildman–Crippen LogP) is 4.67. The standard InChI is InChI=1S/C16H11BrClNO3/c1-2-21-14-6-3-9(17)7-12(14)15-19-13-5-4-10(18)8-11(13)16(20)22-15/h3-8H,2H2,1H3. The van der Waals surface area contributed by atoms with Crippen LogP contribution >= 0.6 is 27.5 Å². The number of rotatable bonds is 3. The number of fused-ring (bicyclic) bond motifs is 1. The molecule has 3 aromatic rings. The Labute approximate surface area is 139 Å². The van der Waals surface area contributed by atoms with E-state index in [4.69, 9.17) is 20.8 Å². The highest BCUT2D eigenvalue weighted by Gasteiger charge is 2.14. The Bertz CT molecular complexity index is 908. The van der Waals surface area contributed by atoms with Crippen molar-refractivity contribution >= 4 is 38.4 Å². The van der Waals surface area contributed by atoms with Gasteiger partial charge in [-0.25, -0.2) is 9.78 Å². The molecule has 0 N–H and O–H groups in total. The van der Waals surface area contributed by atoms with E-state index in [1.165, 1.54) is 0 Å². The van der Waals surface area contributed by atoms with E-state index in [0.29, 0.717) is 33.8 Å². The van der Waals surface area contributed by atoms with E-state index >= 15 is 0 Å². The van der Waals surface area contributed by atoms with Crippen LogP contribution in [-0.4, -0.2) is 11.6 Å². The summed E-state index contributed by atoms with van der Waals surface area (Å²) < 4.78 is 11.8. The molecule has 0 fully saturated rings. The van der Waals surface area contributed by atoms with Gasteiger partial charge in [0.15, 0.2) is 0 Å². The molecule has 0 aliphatic heterocycles. The van der Waals surface area contributed by atoms with Gasteiger partial charge < -0.3 is 9.15 Å². The lowest BCUT2D eigenvalue weighted by atomic mass is 10.2. The summed E-state index contributed by atoms with van der Waals surface area (Å²) in [6.45, 7) is 2.39. The molecule has 0 saturated heterocycles. The highest BCUT2D eigenvalue weighted by molar-refractivity contribution is 9.10. The minimum Gasteiger partial charge on any atom is -0.493 e. The van der Waals surface area contributed by atoms with Crippen LogP contribution in [0.15, 0.2) is 50.1 Å². The number of ether oxygens (including phenoxy) is 1. The number of halogens is 2. The van der Waals surface area contributed by atoms with E-state index in [2.05, 4.69) is 20.9 Å². The second kappa shape index (κ2) is 6.10. The Morgan fingerprint density at radius 2 is 2.09 bits per heavy atom. The summed E-state index contributed by atoms with van der Waals surface area (Å²) in [5.41, 5.74) is 0.660. The van der Waals surface area contributed by atoms with Crippen molar-refractivity contribution in [1.29, 1.82) is 0 Å². The zero-order chi connectivity index (χ0) is 15.7. The van der Waals surface area contributed by atoms with E-state index in [-0.39, 0.29) is 5.89 Å². The number of hydrogen-bond acceptors (Lipinski definition) is 4. The lowest BCUT2D eigenvalue weighted by Crippen LogP contribution is -2.04. The summed E-state index contributed by atoms with van der Waals surface area (Å²) in [4.78, 5) is 16.6. The molecule has 112 valence electrons. The predicted molar refractivity (Wildman–Crippen MR) is 89.6 cm³/mol. The lowest BCUT2D eigenvalue weighted by Gasteiger charge is -2.09. The second-order valence-electron chi connectivity index (χ2n) is 4.54. The molecule has 0 bridgehead atoms. The zero-order valence-electron chi connectivity index (χ0n) is 11.6. The average molecular weight is 381 g/mol.